The lowest BCUT2D eigenvalue weighted by Gasteiger charge is -2.36. The number of anilines is 1. The molecule has 10 nitrogen and oxygen atoms in total. The first kappa shape index (κ1) is 24.3. The number of halogens is 1. The van der Waals surface area contributed by atoms with Crippen molar-refractivity contribution in [1.82, 2.24) is 29.6 Å². The number of benzene rings is 1. The van der Waals surface area contributed by atoms with Crippen LogP contribution in [0.25, 0.3) is 11.1 Å². The van der Waals surface area contributed by atoms with E-state index in [1.807, 2.05) is 25.5 Å². The Bertz CT molecular complexity index is 1420. The lowest BCUT2D eigenvalue weighted by molar-refractivity contribution is 0.0972. The Kier molecular flexibility index (Phi) is 6.53. The molecule has 0 radical (unpaired) electrons. The highest BCUT2D eigenvalue weighted by Gasteiger charge is 2.30. The van der Waals surface area contributed by atoms with Crippen LogP contribution in [-0.4, -0.2) is 73.1 Å². The molecule has 1 aliphatic heterocycles. The van der Waals surface area contributed by atoms with Crippen LogP contribution in [0.2, 0.25) is 0 Å². The van der Waals surface area contributed by atoms with Gasteiger partial charge in [0.1, 0.15) is 17.8 Å². The summed E-state index contributed by atoms with van der Waals surface area (Å²) in [6.45, 7) is 4.15. The number of nitrogens with zero attached hydrogens (tertiary/aromatic N) is 7. The van der Waals surface area contributed by atoms with E-state index in [2.05, 4.69) is 34.8 Å². The molecule has 37 heavy (non-hydrogen) atoms. The Hall–Kier alpha value is -4.38. The van der Waals surface area contributed by atoms with E-state index in [1.54, 1.807) is 41.5 Å². The number of aliphatic imine (C=N–C) groups is 1. The fourth-order valence-electron chi connectivity index (χ4n) is 4.51. The van der Waals surface area contributed by atoms with Gasteiger partial charge in [-0.1, -0.05) is 18.2 Å². The van der Waals surface area contributed by atoms with E-state index in [4.69, 9.17) is 5.41 Å². The number of aryl methyl sites for hydroxylation is 1. The number of aromatic amines is 1. The van der Waals surface area contributed by atoms with Crippen LogP contribution >= 0.6 is 0 Å². The predicted molar refractivity (Wildman–Crippen MR) is 139 cm³/mol. The summed E-state index contributed by atoms with van der Waals surface area (Å²) in [5, 5.41) is 22.8. The summed E-state index contributed by atoms with van der Waals surface area (Å²) in [6, 6.07) is 8.16. The summed E-state index contributed by atoms with van der Waals surface area (Å²) in [4.78, 5) is 20.7. The van der Waals surface area contributed by atoms with Crippen molar-refractivity contribution in [1.29, 1.82) is 5.41 Å². The van der Waals surface area contributed by atoms with Crippen molar-refractivity contribution in [3.63, 3.8) is 0 Å². The van der Waals surface area contributed by atoms with Crippen LogP contribution in [-0.2, 0) is 12.6 Å². The highest BCUT2D eigenvalue weighted by molar-refractivity contribution is 6.01. The van der Waals surface area contributed by atoms with Crippen molar-refractivity contribution in [2.24, 2.45) is 12.0 Å². The topological polar surface area (TPSA) is 122 Å². The number of H-pyrrole nitrogens is 1. The van der Waals surface area contributed by atoms with Crippen molar-refractivity contribution in [3.05, 3.63) is 84.0 Å². The van der Waals surface area contributed by atoms with Crippen molar-refractivity contribution < 1.29 is 9.50 Å². The molecule has 1 aliphatic rings. The van der Waals surface area contributed by atoms with E-state index in [9.17, 15) is 9.50 Å². The van der Waals surface area contributed by atoms with Gasteiger partial charge in [-0.25, -0.2) is 19.4 Å². The van der Waals surface area contributed by atoms with Gasteiger partial charge in [0.05, 0.1) is 11.9 Å². The predicted octanol–water partition coefficient (Wildman–Crippen LogP) is 2.78. The van der Waals surface area contributed by atoms with Crippen LogP contribution in [0.5, 0.6) is 0 Å². The van der Waals surface area contributed by atoms with Crippen molar-refractivity contribution in [2.45, 2.75) is 12.5 Å². The van der Waals surface area contributed by atoms with Crippen LogP contribution < -0.4 is 4.90 Å². The second-order valence-electron chi connectivity index (χ2n) is 9.08. The van der Waals surface area contributed by atoms with E-state index in [0.29, 0.717) is 43.5 Å². The number of piperazine rings is 1. The number of amidine groups is 1. The van der Waals surface area contributed by atoms with Gasteiger partial charge >= 0.3 is 0 Å². The SMILES string of the molecule is Cn1cc(-c2c[nH]c(/C(=N\C=N)N3CCN(c4ncc([C@](C)(O)c5ccccc5F)cn4)CC3)c2)cn1. The van der Waals surface area contributed by atoms with Gasteiger partial charge in [0.2, 0.25) is 5.95 Å². The molecule has 3 aromatic heterocycles. The second kappa shape index (κ2) is 9.94. The number of rotatable bonds is 6. The number of hydrogen-bond acceptors (Lipinski definition) is 6. The van der Waals surface area contributed by atoms with Crippen LogP contribution in [0.15, 0.2) is 66.3 Å². The molecular formula is C26H28FN9O. The zero-order valence-electron chi connectivity index (χ0n) is 20.6. The first-order chi connectivity index (χ1) is 17.9. The molecule has 11 heteroatoms. The monoisotopic (exact) mass is 501 g/mol. The van der Waals surface area contributed by atoms with E-state index < -0.39 is 11.4 Å². The summed E-state index contributed by atoms with van der Waals surface area (Å²) in [6.07, 6.45) is 9.80. The average Bonchev–Trinajstić information content (AvgIpc) is 3.57. The lowest BCUT2D eigenvalue weighted by atomic mass is 9.90. The zero-order valence-corrected chi connectivity index (χ0v) is 20.6. The molecule has 0 spiro atoms. The second-order valence-corrected chi connectivity index (χ2v) is 9.08. The largest absolute Gasteiger partial charge is 0.380 e. The van der Waals surface area contributed by atoms with Gasteiger partial charge in [-0.05, 0) is 19.1 Å². The smallest absolute Gasteiger partial charge is 0.225 e. The number of aliphatic hydroxyl groups is 1. The van der Waals surface area contributed by atoms with Crippen LogP contribution in [0.4, 0.5) is 10.3 Å². The van der Waals surface area contributed by atoms with E-state index in [-0.39, 0.29) is 5.56 Å². The third-order valence-electron chi connectivity index (χ3n) is 6.61. The summed E-state index contributed by atoms with van der Waals surface area (Å²) in [7, 11) is 1.88. The molecule has 0 bridgehead atoms. The molecule has 0 aliphatic carbocycles. The third-order valence-corrected chi connectivity index (χ3v) is 6.61. The molecule has 3 N–H and O–H groups in total. The Morgan fingerprint density at radius 1 is 1.14 bits per heavy atom. The highest BCUT2D eigenvalue weighted by atomic mass is 19.1. The molecule has 0 saturated carbocycles. The van der Waals surface area contributed by atoms with E-state index >= 15 is 0 Å². The third kappa shape index (κ3) is 4.85. The summed E-state index contributed by atoms with van der Waals surface area (Å²) >= 11 is 0. The molecule has 0 amide bonds. The molecule has 4 aromatic rings. The first-order valence-electron chi connectivity index (χ1n) is 11.9. The van der Waals surface area contributed by atoms with E-state index in [1.165, 1.54) is 13.0 Å². The molecular weight excluding hydrogens is 473 g/mol. The maximum Gasteiger partial charge on any atom is 0.225 e. The number of hydrogen-bond donors (Lipinski definition) is 3. The minimum Gasteiger partial charge on any atom is -0.380 e. The molecule has 1 fully saturated rings. The van der Waals surface area contributed by atoms with Crippen molar-refractivity contribution in [3.8, 4) is 11.1 Å². The first-order valence-corrected chi connectivity index (χ1v) is 11.9. The van der Waals surface area contributed by atoms with Gasteiger partial charge in [0.25, 0.3) is 0 Å². The van der Waals surface area contributed by atoms with Gasteiger partial charge in [0.15, 0.2) is 5.84 Å². The fourth-order valence-corrected chi connectivity index (χ4v) is 4.51. The van der Waals surface area contributed by atoms with Crippen molar-refractivity contribution >= 4 is 18.1 Å². The lowest BCUT2D eigenvalue weighted by Crippen LogP contribution is -2.49. The van der Waals surface area contributed by atoms with Gasteiger partial charge < -0.3 is 19.9 Å². The fraction of sp³-hybridized carbons (Fsp3) is 0.269. The van der Waals surface area contributed by atoms with Crippen LogP contribution in [0.1, 0.15) is 23.7 Å². The Balaban J connectivity index is 1.27. The standard InChI is InChI=1S/C26H28FN9O/c1-26(37,21-5-3-4-6-22(21)27)20-14-30-25(31-15-20)36-9-7-35(8-10-36)24(32-17-28)23-11-18(12-29-23)19-13-33-34(2)16-19/h3-6,11-17,28-29,37H,7-10H2,1-2H3/b28-17?,32-24+/t26-/m0/s1. The molecule has 1 atom stereocenters. The zero-order chi connectivity index (χ0) is 26.0. The molecule has 4 heterocycles. The highest BCUT2D eigenvalue weighted by Crippen LogP contribution is 2.30. The summed E-state index contributed by atoms with van der Waals surface area (Å²) in [5.41, 5.74) is 1.86. The van der Waals surface area contributed by atoms with Gasteiger partial charge in [-0.15, -0.1) is 0 Å². The Labute approximate surface area is 213 Å². The summed E-state index contributed by atoms with van der Waals surface area (Å²) < 4.78 is 16.0. The van der Waals surface area contributed by atoms with Gasteiger partial charge in [-0.3, -0.25) is 10.1 Å². The number of nitrogens with one attached hydrogen (secondary N) is 2. The van der Waals surface area contributed by atoms with Crippen molar-refractivity contribution in [2.75, 3.05) is 31.1 Å². The normalized spacial score (nSPS) is 16.1. The Morgan fingerprint density at radius 2 is 1.86 bits per heavy atom. The minimum absolute atomic E-state index is 0.175. The minimum atomic E-state index is -1.55. The van der Waals surface area contributed by atoms with Crippen LogP contribution in [0, 0.1) is 11.2 Å². The molecule has 0 unspecified atom stereocenters. The van der Waals surface area contributed by atoms with Gasteiger partial charge in [0, 0.05) is 80.3 Å². The summed E-state index contributed by atoms with van der Waals surface area (Å²) in [5.74, 6) is 0.753. The molecule has 1 aromatic carbocycles. The molecule has 1 saturated heterocycles. The Morgan fingerprint density at radius 3 is 2.51 bits per heavy atom. The molecule has 5 rings (SSSR count). The number of aromatic nitrogens is 5. The molecule has 190 valence electrons. The maximum atomic E-state index is 14.3. The van der Waals surface area contributed by atoms with Gasteiger partial charge in [-0.2, -0.15) is 5.10 Å². The van der Waals surface area contributed by atoms with E-state index in [0.717, 1.165) is 23.2 Å². The van der Waals surface area contributed by atoms with Crippen LogP contribution in [0.3, 0.4) is 0 Å². The quantitative estimate of drug-likeness (QED) is 0.276. The maximum absolute atomic E-state index is 14.3. The average molecular weight is 502 g/mol.